The van der Waals surface area contributed by atoms with Gasteiger partial charge in [-0.05, 0) is 30.3 Å². The molecule has 2 N–H and O–H groups in total. The number of carbonyl (C=O) groups excluding carboxylic acids is 1. The van der Waals surface area contributed by atoms with E-state index in [2.05, 4.69) is 4.98 Å². The van der Waals surface area contributed by atoms with E-state index in [4.69, 9.17) is 17.3 Å². The number of sulfonamides is 1. The number of pyridine rings is 1. The number of fused-ring (bicyclic) bond motifs is 1. The third-order valence-electron chi connectivity index (χ3n) is 2.71. The van der Waals surface area contributed by atoms with E-state index in [1.807, 2.05) is 0 Å². The van der Waals surface area contributed by atoms with Crippen LogP contribution in [0, 0.1) is 0 Å². The van der Waals surface area contributed by atoms with Gasteiger partial charge in [0, 0.05) is 12.4 Å². The number of primary amides is 1. The van der Waals surface area contributed by atoms with Crippen molar-refractivity contribution >= 4 is 38.4 Å². The van der Waals surface area contributed by atoms with Crippen LogP contribution in [0.2, 0.25) is 5.15 Å². The summed E-state index contributed by atoms with van der Waals surface area (Å²) in [6.45, 7) is -0.376. The molecule has 0 bridgehead atoms. The molecule has 2 rings (SSSR count). The lowest BCUT2D eigenvalue weighted by Gasteiger charge is -2.15. The van der Waals surface area contributed by atoms with Crippen LogP contribution in [0.1, 0.15) is 0 Å². The summed E-state index contributed by atoms with van der Waals surface area (Å²) in [6, 6.07) is 7.71. The third kappa shape index (κ3) is 2.90. The lowest BCUT2D eigenvalue weighted by Crippen LogP contribution is -2.35. The summed E-state index contributed by atoms with van der Waals surface area (Å²) in [5.74, 6) is -0.717. The van der Waals surface area contributed by atoms with E-state index in [0.717, 1.165) is 4.31 Å². The summed E-state index contributed by atoms with van der Waals surface area (Å²) >= 11 is 5.77. The number of benzene rings is 1. The van der Waals surface area contributed by atoms with Crippen LogP contribution in [-0.4, -0.2) is 37.2 Å². The molecule has 2 aromatic rings. The lowest BCUT2D eigenvalue weighted by atomic mass is 10.2. The quantitative estimate of drug-likeness (QED) is 0.852. The second-order valence-electron chi connectivity index (χ2n) is 4.22. The van der Waals surface area contributed by atoms with Gasteiger partial charge in [-0.2, -0.15) is 4.31 Å². The summed E-state index contributed by atoms with van der Waals surface area (Å²) < 4.78 is 25.4. The van der Waals surface area contributed by atoms with E-state index >= 15 is 0 Å². The van der Waals surface area contributed by atoms with Gasteiger partial charge < -0.3 is 5.73 Å². The maximum absolute atomic E-state index is 12.2. The van der Waals surface area contributed by atoms with Crippen LogP contribution >= 0.6 is 11.6 Å². The molecule has 0 aliphatic heterocycles. The van der Waals surface area contributed by atoms with E-state index in [1.54, 1.807) is 18.2 Å². The minimum absolute atomic E-state index is 0.0675. The van der Waals surface area contributed by atoms with Crippen LogP contribution < -0.4 is 5.73 Å². The fourth-order valence-electron chi connectivity index (χ4n) is 1.72. The smallest absolute Gasteiger partial charge is 0.243 e. The molecule has 0 fully saturated rings. The van der Waals surface area contributed by atoms with Gasteiger partial charge in [-0.3, -0.25) is 4.79 Å². The summed E-state index contributed by atoms with van der Waals surface area (Å²) in [7, 11) is -2.47. The molecule has 6 nitrogen and oxygen atoms in total. The Labute approximate surface area is 121 Å². The van der Waals surface area contributed by atoms with Gasteiger partial charge in [-0.25, -0.2) is 13.4 Å². The van der Waals surface area contributed by atoms with E-state index in [0.29, 0.717) is 16.1 Å². The summed E-state index contributed by atoms with van der Waals surface area (Å²) in [6.07, 6.45) is 0. The van der Waals surface area contributed by atoms with Gasteiger partial charge >= 0.3 is 0 Å². The van der Waals surface area contributed by atoms with Crippen molar-refractivity contribution in [2.45, 2.75) is 4.90 Å². The first-order valence-corrected chi connectivity index (χ1v) is 7.43. The largest absolute Gasteiger partial charge is 0.369 e. The molecule has 0 aliphatic rings. The zero-order valence-corrected chi connectivity index (χ0v) is 12.1. The minimum Gasteiger partial charge on any atom is -0.369 e. The zero-order chi connectivity index (χ0) is 14.9. The highest BCUT2D eigenvalue weighted by molar-refractivity contribution is 7.89. The number of likely N-dealkylation sites (N-methyl/N-ethyl adjacent to an activating group) is 1. The van der Waals surface area contributed by atoms with Crippen LogP contribution in [-0.2, 0) is 14.8 Å². The number of nitrogens with zero attached hydrogens (tertiary/aromatic N) is 2. The standard InChI is InChI=1S/C12H12ClN3O3S/c1-16(7-12(14)17)20(18,19)9-3-4-10-8(6-9)2-5-11(13)15-10/h2-6H,7H2,1H3,(H2,14,17). The Hall–Kier alpha value is -1.70. The van der Waals surface area contributed by atoms with E-state index in [1.165, 1.54) is 19.2 Å². The average molecular weight is 314 g/mol. The van der Waals surface area contributed by atoms with Crippen LogP contribution in [0.4, 0.5) is 0 Å². The van der Waals surface area contributed by atoms with Crippen LogP contribution in [0.25, 0.3) is 10.9 Å². The van der Waals surface area contributed by atoms with E-state index in [-0.39, 0.29) is 11.4 Å². The molecule has 106 valence electrons. The fourth-order valence-corrected chi connectivity index (χ4v) is 3.05. The molecule has 0 atom stereocenters. The Morgan fingerprint density at radius 3 is 2.70 bits per heavy atom. The maximum atomic E-state index is 12.2. The number of carbonyl (C=O) groups is 1. The van der Waals surface area contributed by atoms with Gasteiger partial charge in [0.05, 0.1) is 17.0 Å². The Kier molecular flexibility index (Phi) is 3.94. The van der Waals surface area contributed by atoms with Crippen molar-refractivity contribution in [2.24, 2.45) is 5.73 Å². The molecule has 0 spiro atoms. The van der Waals surface area contributed by atoms with Crippen LogP contribution in [0.15, 0.2) is 35.2 Å². The van der Waals surface area contributed by atoms with Crippen LogP contribution in [0.3, 0.4) is 0 Å². The predicted octanol–water partition coefficient (Wildman–Crippen LogP) is 0.994. The highest BCUT2D eigenvalue weighted by Gasteiger charge is 2.22. The first-order chi connectivity index (χ1) is 9.30. The molecule has 20 heavy (non-hydrogen) atoms. The third-order valence-corrected chi connectivity index (χ3v) is 4.72. The SMILES string of the molecule is CN(CC(N)=O)S(=O)(=O)c1ccc2nc(Cl)ccc2c1. The maximum Gasteiger partial charge on any atom is 0.243 e. The minimum atomic E-state index is -3.76. The van der Waals surface area contributed by atoms with Gasteiger partial charge in [-0.15, -0.1) is 0 Å². The second-order valence-corrected chi connectivity index (χ2v) is 6.65. The van der Waals surface area contributed by atoms with Crippen molar-refractivity contribution in [3.8, 4) is 0 Å². The van der Waals surface area contributed by atoms with Crippen molar-refractivity contribution in [3.05, 3.63) is 35.5 Å². The van der Waals surface area contributed by atoms with Gasteiger partial charge in [0.15, 0.2) is 0 Å². The molecular formula is C12H12ClN3O3S. The second kappa shape index (κ2) is 5.35. The van der Waals surface area contributed by atoms with Crippen molar-refractivity contribution in [3.63, 3.8) is 0 Å². The predicted molar refractivity (Wildman–Crippen MR) is 75.8 cm³/mol. The van der Waals surface area contributed by atoms with Gasteiger partial charge in [0.2, 0.25) is 15.9 Å². The molecule has 8 heteroatoms. The van der Waals surface area contributed by atoms with Gasteiger partial charge in [-0.1, -0.05) is 11.6 Å². The Bertz CT molecular complexity index is 777. The number of rotatable bonds is 4. The molecular weight excluding hydrogens is 302 g/mol. The Balaban J connectivity index is 2.47. The molecule has 1 aromatic heterocycles. The molecule has 0 saturated carbocycles. The van der Waals surface area contributed by atoms with Gasteiger partial charge in [0.1, 0.15) is 5.15 Å². The Morgan fingerprint density at radius 1 is 1.35 bits per heavy atom. The fraction of sp³-hybridized carbons (Fsp3) is 0.167. The molecule has 0 unspecified atom stereocenters. The van der Waals surface area contributed by atoms with Gasteiger partial charge in [0.25, 0.3) is 0 Å². The van der Waals surface area contributed by atoms with Crippen molar-refractivity contribution < 1.29 is 13.2 Å². The molecule has 0 saturated heterocycles. The monoisotopic (exact) mass is 313 g/mol. The molecule has 1 heterocycles. The number of aromatic nitrogens is 1. The topological polar surface area (TPSA) is 93.4 Å². The Morgan fingerprint density at radius 2 is 2.05 bits per heavy atom. The summed E-state index contributed by atoms with van der Waals surface area (Å²) in [4.78, 5) is 15.0. The van der Waals surface area contributed by atoms with Crippen molar-refractivity contribution in [1.82, 2.24) is 9.29 Å². The van der Waals surface area contributed by atoms with E-state index < -0.39 is 15.9 Å². The summed E-state index contributed by atoms with van der Waals surface area (Å²) in [5, 5.41) is 0.974. The number of hydrogen-bond donors (Lipinski definition) is 1. The first kappa shape index (κ1) is 14.7. The molecule has 1 aromatic carbocycles. The van der Waals surface area contributed by atoms with E-state index in [9.17, 15) is 13.2 Å². The van der Waals surface area contributed by atoms with Crippen LogP contribution in [0.5, 0.6) is 0 Å². The highest BCUT2D eigenvalue weighted by atomic mass is 35.5. The highest BCUT2D eigenvalue weighted by Crippen LogP contribution is 2.21. The average Bonchev–Trinajstić information content (AvgIpc) is 2.37. The normalized spacial score (nSPS) is 11.9. The summed E-state index contributed by atoms with van der Waals surface area (Å²) in [5.41, 5.74) is 5.60. The first-order valence-electron chi connectivity index (χ1n) is 5.61. The number of nitrogens with two attached hydrogens (primary N) is 1. The molecule has 1 amide bonds. The lowest BCUT2D eigenvalue weighted by molar-refractivity contribution is -0.118. The van der Waals surface area contributed by atoms with Crippen molar-refractivity contribution in [1.29, 1.82) is 0 Å². The molecule has 0 radical (unpaired) electrons. The zero-order valence-electron chi connectivity index (χ0n) is 10.6. The number of amides is 1. The number of hydrogen-bond acceptors (Lipinski definition) is 4. The van der Waals surface area contributed by atoms with Crippen molar-refractivity contribution in [2.75, 3.05) is 13.6 Å². The molecule has 0 aliphatic carbocycles. The number of halogens is 1.